The van der Waals surface area contributed by atoms with Crippen molar-refractivity contribution in [1.82, 2.24) is 10.4 Å². The van der Waals surface area contributed by atoms with E-state index < -0.39 is 0 Å². The monoisotopic (exact) mass is 335 g/mol. The summed E-state index contributed by atoms with van der Waals surface area (Å²) >= 11 is 3.48. The minimum absolute atomic E-state index is 0.00259. The summed E-state index contributed by atoms with van der Waals surface area (Å²) in [5, 5.41) is 0. The van der Waals surface area contributed by atoms with Gasteiger partial charge in [-0.05, 0) is 42.7 Å². The van der Waals surface area contributed by atoms with Crippen LogP contribution in [-0.2, 0) is 6.42 Å². The fourth-order valence-electron chi connectivity index (χ4n) is 2.04. The lowest BCUT2D eigenvalue weighted by molar-refractivity contribution is 0.338. The minimum Gasteiger partial charge on any atom is -0.492 e. The van der Waals surface area contributed by atoms with Crippen molar-refractivity contribution < 1.29 is 4.74 Å². The zero-order valence-corrected chi connectivity index (χ0v) is 12.9. The Labute approximate surface area is 127 Å². The summed E-state index contributed by atoms with van der Waals surface area (Å²) in [5.41, 5.74) is 5.06. The number of hydrogen-bond acceptors (Lipinski definition) is 4. The third kappa shape index (κ3) is 4.03. The largest absolute Gasteiger partial charge is 0.492 e. The average molecular weight is 336 g/mol. The standard InChI is InChI=1S/C15H18BrN3O/c1-2-20-14-8-12(9-18-10-14)15(19-17)7-11-4-3-5-13(16)6-11/h3-6,8-10,15,19H,2,7,17H2,1H3. The normalized spacial score (nSPS) is 12.2. The molecule has 0 saturated carbocycles. The highest BCUT2D eigenvalue weighted by atomic mass is 79.9. The zero-order chi connectivity index (χ0) is 14.4. The van der Waals surface area contributed by atoms with Crippen LogP contribution in [0.2, 0.25) is 0 Å². The summed E-state index contributed by atoms with van der Waals surface area (Å²) in [6, 6.07) is 10.2. The van der Waals surface area contributed by atoms with Crippen LogP contribution < -0.4 is 16.0 Å². The van der Waals surface area contributed by atoms with E-state index in [-0.39, 0.29) is 6.04 Å². The summed E-state index contributed by atoms with van der Waals surface area (Å²) in [4.78, 5) is 4.20. The molecule has 0 bridgehead atoms. The van der Waals surface area contributed by atoms with Crippen molar-refractivity contribution in [2.45, 2.75) is 19.4 Å². The molecule has 0 aliphatic heterocycles. The second kappa shape index (κ2) is 7.38. The van der Waals surface area contributed by atoms with Crippen LogP contribution >= 0.6 is 15.9 Å². The molecule has 2 aromatic rings. The molecule has 0 radical (unpaired) electrons. The first-order valence-electron chi connectivity index (χ1n) is 6.51. The molecule has 106 valence electrons. The van der Waals surface area contributed by atoms with E-state index in [2.05, 4.69) is 38.5 Å². The Morgan fingerprint density at radius 1 is 1.35 bits per heavy atom. The van der Waals surface area contributed by atoms with E-state index in [1.165, 1.54) is 5.56 Å². The average Bonchev–Trinajstić information content (AvgIpc) is 2.45. The van der Waals surface area contributed by atoms with Crippen molar-refractivity contribution >= 4 is 15.9 Å². The molecule has 1 atom stereocenters. The molecule has 0 aliphatic carbocycles. The van der Waals surface area contributed by atoms with Gasteiger partial charge in [0, 0.05) is 10.7 Å². The summed E-state index contributed by atoms with van der Waals surface area (Å²) < 4.78 is 6.53. The van der Waals surface area contributed by atoms with Crippen molar-refractivity contribution in [3.8, 4) is 5.75 Å². The lowest BCUT2D eigenvalue weighted by Gasteiger charge is -2.17. The number of hydrogen-bond donors (Lipinski definition) is 2. The van der Waals surface area contributed by atoms with Gasteiger partial charge in [-0.3, -0.25) is 16.3 Å². The van der Waals surface area contributed by atoms with Gasteiger partial charge < -0.3 is 4.74 Å². The highest BCUT2D eigenvalue weighted by Gasteiger charge is 2.12. The van der Waals surface area contributed by atoms with Gasteiger partial charge in [0.2, 0.25) is 0 Å². The summed E-state index contributed by atoms with van der Waals surface area (Å²) in [6.45, 7) is 2.57. The van der Waals surface area contributed by atoms with E-state index in [0.717, 1.165) is 22.2 Å². The van der Waals surface area contributed by atoms with Crippen LogP contribution in [0.15, 0.2) is 47.2 Å². The number of benzene rings is 1. The van der Waals surface area contributed by atoms with Crippen molar-refractivity contribution in [3.63, 3.8) is 0 Å². The minimum atomic E-state index is -0.00259. The van der Waals surface area contributed by atoms with Gasteiger partial charge in [0.15, 0.2) is 0 Å². The van der Waals surface area contributed by atoms with Crippen LogP contribution in [0.1, 0.15) is 24.1 Å². The lowest BCUT2D eigenvalue weighted by atomic mass is 10.0. The van der Waals surface area contributed by atoms with Crippen LogP contribution in [0.3, 0.4) is 0 Å². The molecule has 0 saturated heterocycles. The second-order valence-corrected chi connectivity index (χ2v) is 5.36. The Bertz CT molecular complexity index is 562. The molecule has 1 unspecified atom stereocenters. The summed E-state index contributed by atoms with van der Waals surface area (Å²) in [6.07, 6.45) is 4.30. The quantitative estimate of drug-likeness (QED) is 0.629. The highest BCUT2D eigenvalue weighted by Crippen LogP contribution is 2.22. The Balaban J connectivity index is 2.17. The fraction of sp³-hybridized carbons (Fsp3) is 0.267. The maximum absolute atomic E-state index is 5.68. The molecule has 1 aromatic heterocycles. The van der Waals surface area contributed by atoms with E-state index in [1.807, 2.05) is 31.3 Å². The number of nitrogens with two attached hydrogens (primary N) is 1. The smallest absolute Gasteiger partial charge is 0.137 e. The SMILES string of the molecule is CCOc1cncc(C(Cc2cccc(Br)c2)NN)c1. The summed E-state index contributed by atoms with van der Waals surface area (Å²) in [7, 11) is 0. The van der Waals surface area contributed by atoms with Gasteiger partial charge in [-0.25, -0.2) is 0 Å². The number of ether oxygens (including phenoxy) is 1. The van der Waals surface area contributed by atoms with E-state index in [9.17, 15) is 0 Å². The van der Waals surface area contributed by atoms with Gasteiger partial charge >= 0.3 is 0 Å². The van der Waals surface area contributed by atoms with Gasteiger partial charge in [0.25, 0.3) is 0 Å². The number of halogens is 1. The molecule has 0 aliphatic rings. The van der Waals surface area contributed by atoms with Crippen LogP contribution in [0.5, 0.6) is 5.75 Å². The first-order chi connectivity index (χ1) is 9.72. The van der Waals surface area contributed by atoms with Gasteiger partial charge in [-0.2, -0.15) is 0 Å². The molecular formula is C15H18BrN3O. The first kappa shape index (κ1) is 15.0. The summed E-state index contributed by atoms with van der Waals surface area (Å²) in [5.74, 6) is 6.45. The Hall–Kier alpha value is -1.43. The predicted octanol–water partition coefficient (Wildman–Crippen LogP) is 2.99. The number of nitrogens with one attached hydrogen (secondary N) is 1. The highest BCUT2D eigenvalue weighted by molar-refractivity contribution is 9.10. The molecule has 1 aromatic carbocycles. The molecule has 2 rings (SSSR count). The van der Waals surface area contributed by atoms with Gasteiger partial charge in [-0.15, -0.1) is 0 Å². The van der Waals surface area contributed by atoms with Gasteiger partial charge in [-0.1, -0.05) is 28.1 Å². The van der Waals surface area contributed by atoms with E-state index >= 15 is 0 Å². The molecule has 4 nitrogen and oxygen atoms in total. The molecule has 0 amide bonds. The van der Waals surface area contributed by atoms with E-state index in [0.29, 0.717) is 6.61 Å². The molecule has 0 spiro atoms. The number of rotatable bonds is 6. The van der Waals surface area contributed by atoms with Crippen LogP contribution in [0.4, 0.5) is 0 Å². The number of hydrazine groups is 1. The van der Waals surface area contributed by atoms with E-state index in [4.69, 9.17) is 10.6 Å². The molecule has 3 N–H and O–H groups in total. The topological polar surface area (TPSA) is 60.2 Å². The van der Waals surface area contributed by atoms with Crippen molar-refractivity contribution in [2.24, 2.45) is 5.84 Å². The maximum atomic E-state index is 5.68. The number of aromatic nitrogens is 1. The number of nitrogens with zero attached hydrogens (tertiary/aromatic N) is 1. The number of pyridine rings is 1. The van der Waals surface area contributed by atoms with Crippen LogP contribution in [0, 0.1) is 0 Å². The zero-order valence-electron chi connectivity index (χ0n) is 11.3. The Morgan fingerprint density at radius 3 is 2.90 bits per heavy atom. The second-order valence-electron chi connectivity index (χ2n) is 4.44. The Morgan fingerprint density at radius 2 is 2.20 bits per heavy atom. The van der Waals surface area contributed by atoms with E-state index in [1.54, 1.807) is 6.20 Å². The maximum Gasteiger partial charge on any atom is 0.137 e. The van der Waals surface area contributed by atoms with Crippen LogP contribution in [-0.4, -0.2) is 11.6 Å². The molecule has 1 heterocycles. The van der Waals surface area contributed by atoms with Crippen molar-refractivity contribution in [2.75, 3.05) is 6.61 Å². The third-order valence-corrected chi connectivity index (χ3v) is 3.47. The van der Waals surface area contributed by atoms with Crippen molar-refractivity contribution in [3.05, 3.63) is 58.3 Å². The Kier molecular flexibility index (Phi) is 5.52. The van der Waals surface area contributed by atoms with Crippen molar-refractivity contribution in [1.29, 1.82) is 0 Å². The third-order valence-electron chi connectivity index (χ3n) is 2.98. The lowest BCUT2D eigenvalue weighted by Crippen LogP contribution is -2.29. The molecule has 5 heteroatoms. The molecular weight excluding hydrogens is 318 g/mol. The molecule has 20 heavy (non-hydrogen) atoms. The van der Waals surface area contributed by atoms with Gasteiger partial charge in [0.1, 0.15) is 5.75 Å². The van der Waals surface area contributed by atoms with Crippen LogP contribution in [0.25, 0.3) is 0 Å². The molecule has 0 fully saturated rings. The first-order valence-corrected chi connectivity index (χ1v) is 7.30. The van der Waals surface area contributed by atoms with Gasteiger partial charge in [0.05, 0.1) is 18.8 Å². The fourth-order valence-corrected chi connectivity index (χ4v) is 2.49. The predicted molar refractivity (Wildman–Crippen MR) is 83.3 cm³/mol.